The van der Waals surface area contributed by atoms with Gasteiger partial charge in [0.1, 0.15) is 22.8 Å². The summed E-state index contributed by atoms with van der Waals surface area (Å²) in [5.74, 6) is 1.79. The van der Waals surface area contributed by atoms with Crippen molar-refractivity contribution < 1.29 is 19.0 Å². The lowest BCUT2D eigenvalue weighted by Crippen LogP contribution is -2.26. The summed E-state index contributed by atoms with van der Waals surface area (Å²) < 4.78 is 16.2. The highest BCUT2D eigenvalue weighted by Gasteiger charge is 2.17. The van der Waals surface area contributed by atoms with E-state index >= 15 is 0 Å². The molecule has 0 unspecified atom stereocenters. The summed E-state index contributed by atoms with van der Waals surface area (Å²) >= 11 is 0. The molecule has 132 valence electrons. The standard InChI is InChI=1S/C20H23NO4/c1-23-17-6-3-7-18(24-2)19(17)20(22)21-11-10-14-8-9-16-15(13-14)5-4-12-25-16/h3,6-9,13H,4-5,10-12H2,1-2H3,(H,21,22). The van der Waals surface area contributed by atoms with Crippen LogP contribution in [0.15, 0.2) is 36.4 Å². The molecule has 0 bridgehead atoms. The molecule has 2 aromatic carbocycles. The first kappa shape index (κ1) is 17.1. The van der Waals surface area contributed by atoms with Gasteiger partial charge >= 0.3 is 0 Å². The molecule has 1 heterocycles. The molecule has 0 atom stereocenters. The van der Waals surface area contributed by atoms with Crippen molar-refractivity contribution in [1.29, 1.82) is 0 Å². The van der Waals surface area contributed by atoms with Gasteiger partial charge in [-0.2, -0.15) is 0 Å². The molecule has 1 aliphatic rings. The summed E-state index contributed by atoms with van der Waals surface area (Å²) in [7, 11) is 3.08. The zero-order valence-corrected chi connectivity index (χ0v) is 14.6. The second-order valence-corrected chi connectivity index (χ2v) is 5.94. The molecule has 1 N–H and O–H groups in total. The Morgan fingerprint density at radius 1 is 1.16 bits per heavy atom. The normalized spacial score (nSPS) is 12.7. The smallest absolute Gasteiger partial charge is 0.258 e. The van der Waals surface area contributed by atoms with E-state index in [0.717, 1.165) is 31.6 Å². The van der Waals surface area contributed by atoms with Crippen molar-refractivity contribution >= 4 is 5.91 Å². The minimum Gasteiger partial charge on any atom is -0.496 e. The van der Waals surface area contributed by atoms with Crippen LogP contribution in [0, 0.1) is 0 Å². The lowest BCUT2D eigenvalue weighted by molar-refractivity contribution is 0.0948. The number of fused-ring (bicyclic) bond motifs is 1. The summed E-state index contributed by atoms with van der Waals surface area (Å²) in [5, 5.41) is 2.95. The van der Waals surface area contributed by atoms with Crippen LogP contribution < -0.4 is 19.5 Å². The number of nitrogens with one attached hydrogen (secondary N) is 1. The Morgan fingerprint density at radius 2 is 1.92 bits per heavy atom. The van der Waals surface area contributed by atoms with Crippen molar-refractivity contribution in [2.24, 2.45) is 0 Å². The first-order chi connectivity index (χ1) is 12.2. The van der Waals surface area contributed by atoms with Gasteiger partial charge in [0.25, 0.3) is 5.91 Å². The number of methoxy groups -OCH3 is 2. The highest BCUT2D eigenvalue weighted by Crippen LogP contribution is 2.28. The predicted octanol–water partition coefficient (Wildman–Crippen LogP) is 3.00. The van der Waals surface area contributed by atoms with Crippen molar-refractivity contribution in [1.82, 2.24) is 5.32 Å². The van der Waals surface area contributed by atoms with Crippen LogP contribution in [-0.2, 0) is 12.8 Å². The topological polar surface area (TPSA) is 56.8 Å². The van der Waals surface area contributed by atoms with Gasteiger partial charge in [-0.3, -0.25) is 4.79 Å². The van der Waals surface area contributed by atoms with Crippen LogP contribution in [0.5, 0.6) is 17.2 Å². The van der Waals surface area contributed by atoms with Crippen LogP contribution in [0.2, 0.25) is 0 Å². The summed E-state index contributed by atoms with van der Waals surface area (Å²) in [6, 6.07) is 11.5. The van der Waals surface area contributed by atoms with E-state index in [2.05, 4.69) is 17.4 Å². The minimum atomic E-state index is -0.199. The minimum absolute atomic E-state index is 0.199. The van der Waals surface area contributed by atoms with E-state index in [9.17, 15) is 4.79 Å². The van der Waals surface area contributed by atoms with Gasteiger partial charge in [-0.15, -0.1) is 0 Å². The monoisotopic (exact) mass is 341 g/mol. The Balaban J connectivity index is 1.63. The van der Waals surface area contributed by atoms with Crippen molar-refractivity contribution in [3.8, 4) is 17.2 Å². The number of hydrogen-bond donors (Lipinski definition) is 1. The number of ether oxygens (including phenoxy) is 3. The Kier molecular flexibility index (Phi) is 5.43. The van der Waals surface area contributed by atoms with Crippen molar-refractivity contribution in [3.63, 3.8) is 0 Å². The van der Waals surface area contributed by atoms with E-state index in [1.807, 2.05) is 6.07 Å². The number of amides is 1. The highest BCUT2D eigenvalue weighted by molar-refractivity contribution is 5.99. The van der Waals surface area contributed by atoms with Gasteiger partial charge in [0.15, 0.2) is 0 Å². The van der Waals surface area contributed by atoms with E-state index in [0.29, 0.717) is 23.6 Å². The lowest BCUT2D eigenvalue weighted by atomic mass is 10.0. The average molecular weight is 341 g/mol. The quantitative estimate of drug-likeness (QED) is 0.877. The predicted molar refractivity (Wildman–Crippen MR) is 95.8 cm³/mol. The Bertz CT molecular complexity index is 735. The number of hydrogen-bond acceptors (Lipinski definition) is 4. The van der Waals surface area contributed by atoms with Crippen molar-refractivity contribution in [3.05, 3.63) is 53.1 Å². The average Bonchev–Trinajstić information content (AvgIpc) is 2.67. The zero-order valence-electron chi connectivity index (χ0n) is 14.6. The zero-order chi connectivity index (χ0) is 17.6. The third-order valence-corrected chi connectivity index (χ3v) is 4.33. The Morgan fingerprint density at radius 3 is 2.64 bits per heavy atom. The van der Waals surface area contributed by atoms with Crippen LogP contribution in [0.3, 0.4) is 0 Å². The van der Waals surface area contributed by atoms with Gasteiger partial charge in [-0.05, 0) is 48.6 Å². The third kappa shape index (κ3) is 3.87. The number of benzene rings is 2. The molecule has 2 aromatic rings. The molecule has 3 rings (SSSR count). The van der Waals surface area contributed by atoms with Crippen LogP contribution in [0.1, 0.15) is 27.9 Å². The Labute approximate surface area is 147 Å². The fraction of sp³-hybridized carbons (Fsp3) is 0.350. The maximum Gasteiger partial charge on any atom is 0.258 e. The molecular weight excluding hydrogens is 318 g/mol. The van der Waals surface area contributed by atoms with E-state index < -0.39 is 0 Å². The molecule has 0 aromatic heterocycles. The van der Waals surface area contributed by atoms with Crippen LogP contribution in [-0.4, -0.2) is 33.3 Å². The van der Waals surface area contributed by atoms with Gasteiger partial charge < -0.3 is 19.5 Å². The number of carbonyl (C=O) groups excluding carboxylic acids is 1. The molecule has 1 amide bonds. The van der Waals surface area contributed by atoms with E-state index in [-0.39, 0.29) is 5.91 Å². The second-order valence-electron chi connectivity index (χ2n) is 5.94. The van der Waals surface area contributed by atoms with Gasteiger partial charge in [-0.1, -0.05) is 18.2 Å². The summed E-state index contributed by atoms with van der Waals surface area (Å²) in [6.07, 6.45) is 2.87. The molecule has 5 nitrogen and oxygen atoms in total. The van der Waals surface area contributed by atoms with Crippen molar-refractivity contribution in [2.75, 3.05) is 27.4 Å². The second kappa shape index (κ2) is 7.92. The molecule has 0 radical (unpaired) electrons. The molecule has 0 spiro atoms. The maximum atomic E-state index is 12.5. The highest BCUT2D eigenvalue weighted by atomic mass is 16.5. The summed E-state index contributed by atoms with van der Waals surface area (Å²) in [4.78, 5) is 12.5. The van der Waals surface area contributed by atoms with Crippen LogP contribution in [0.4, 0.5) is 0 Å². The van der Waals surface area contributed by atoms with Crippen molar-refractivity contribution in [2.45, 2.75) is 19.3 Å². The largest absolute Gasteiger partial charge is 0.496 e. The number of carbonyl (C=O) groups is 1. The van der Waals surface area contributed by atoms with Gasteiger partial charge in [0.2, 0.25) is 0 Å². The van der Waals surface area contributed by atoms with Gasteiger partial charge in [0.05, 0.1) is 20.8 Å². The maximum absolute atomic E-state index is 12.5. The van der Waals surface area contributed by atoms with E-state index in [4.69, 9.17) is 14.2 Å². The molecular formula is C20H23NO4. The SMILES string of the molecule is COc1cccc(OC)c1C(=O)NCCc1ccc2c(c1)CCCO2. The number of aryl methyl sites for hydroxylation is 1. The third-order valence-electron chi connectivity index (χ3n) is 4.33. The molecule has 25 heavy (non-hydrogen) atoms. The fourth-order valence-corrected chi connectivity index (χ4v) is 3.05. The molecule has 0 saturated carbocycles. The summed E-state index contributed by atoms with van der Waals surface area (Å²) in [5.41, 5.74) is 2.87. The van der Waals surface area contributed by atoms with E-state index in [1.54, 1.807) is 32.4 Å². The summed E-state index contributed by atoms with van der Waals surface area (Å²) in [6.45, 7) is 1.34. The molecule has 0 aliphatic carbocycles. The lowest BCUT2D eigenvalue weighted by Gasteiger charge is -2.18. The molecule has 5 heteroatoms. The van der Waals surface area contributed by atoms with Crippen LogP contribution >= 0.6 is 0 Å². The Hall–Kier alpha value is -2.69. The first-order valence-electron chi connectivity index (χ1n) is 8.46. The fourth-order valence-electron chi connectivity index (χ4n) is 3.05. The van der Waals surface area contributed by atoms with Crippen LogP contribution in [0.25, 0.3) is 0 Å². The van der Waals surface area contributed by atoms with E-state index in [1.165, 1.54) is 11.1 Å². The number of rotatable bonds is 6. The first-order valence-corrected chi connectivity index (χ1v) is 8.46. The molecule has 1 aliphatic heterocycles. The molecule has 0 fully saturated rings. The molecule has 0 saturated heterocycles. The van der Waals surface area contributed by atoms with Gasteiger partial charge in [-0.25, -0.2) is 0 Å². The van der Waals surface area contributed by atoms with Gasteiger partial charge in [0, 0.05) is 6.54 Å².